The fourth-order valence-corrected chi connectivity index (χ4v) is 11.3. The van der Waals surface area contributed by atoms with Gasteiger partial charge in [0, 0.05) is 12.0 Å². The zero-order chi connectivity index (χ0) is 22.4. The number of aliphatic hydroxyl groups excluding tert-OH is 1. The molecule has 1 nitrogen and oxygen atoms in total. The molecule has 0 heterocycles. The van der Waals surface area contributed by atoms with Gasteiger partial charge in [0.1, 0.15) is 0 Å². The van der Waals surface area contributed by atoms with E-state index in [9.17, 15) is 5.11 Å². The topological polar surface area (TPSA) is 20.2 Å². The maximum absolute atomic E-state index is 11.0. The van der Waals surface area contributed by atoms with E-state index in [0.717, 1.165) is 17.8 Å². The van der Waals surface area contributed by atoms with Crippen molar-refractivity contribution in [2.75, 3.05) is 6.61 Å². The van der Waals surface area contributed by atoms with Crippen LogP contribution in [0.5, 0.6) is 0 Å². The van der Waals surface area contributed by atoms with Gasteiger partial charge in [0.2, 0.25) is 0 Å². The third-order valence-electron chi connectivity index (χ3n) is 13.0. The first kappa shape index (κ1) is 22.5. The number of hydrogen-bond donors (Lipinski definition) is 1. The van der Waals surface area contributed by atoms with Gasteiger partial charge in [-0.3, -0.25) is 0 Å². The van der Waals surface area contributed by atoms with E-state index in [1.807, 2.05) is 0 Å². The second kappa shape index (κ2) is 6.86. The number of rotatable bonds is 2. The van der Waals surface area contributed by atoms with Crippen LogP contribution in [0.1, 0.15) is 113 Å². The van der Waals surface area contributed by atoms with Crippen LogP contribution in [0.25, 0.3) is 0 Å². The average Bonchev–Trinajstić information content (AvgIpc) is 3.07. The van der Waals surface area contributed by atoms with Crippen LogP contribution in [0.4, 0.5) is 0 Å². The second-order valence-electron chi connectivity index (χ2n) is 14.5. The summed E-state index contributed by atoms with van der Waals surface area (Å²) in [7, 11) is 0. The molecule has 0 aromatic carbocycles. The summed E-state index contributed by atoms with van der Waals surface area (Å²) < 4.78 is 0. The molecule has 1 heteroatoms. The summed E-state index contributed by atoms with van der Waals surface area (Å²) in [6.45, 7) is 18.4. The Morgan fingerprint density at radius 1 is 0.903 bits per heavy atom. The van der Waals surface area contributed by atoms with Crippen LogP contribution < -0.4 is 0 Å². The van der Waals surface area contributed by atoms with Gasteiger partial charge >= 0.3 is 0 Å². The fraction of sp³-hybridized carbons (Fsp3) is 0.933. The Morgan fingerprint density at radius 2 is 1.65 bits per heavy atom. The van der Waals surface area contributed by atoms with Gasteiger partial charge in [0.25, 0.3) is 0 Å². The van der Waals surface area contributed by atoms with Gasteiger partial charge in [-0.1, -0.05) is 66.5 Å². The van der Waals surface area contributed by atoms with Gasteiger partial charge in [0.05, 0.1) is 0 Å². The molecule has 5 aliphatic carbocycles. The van der Waals surface area contributed by atoms with Gasteiger partial charge in [-0.15, -0.1) is 0 Å². The molecule has 0 saturated heterocycles. The van der Waals surface area contributed by atoms with Crippen molar-refractivity contribution < 1.29 is 5.11 Å². The van der Waals surface area contributed by atoms with Crippen molar-refractivity contribution in [3.8, 4) is 0 Å². The number of allylic oxidation sites excluding steroid dienone is 2. The van der Waals surface area contributed by atoms with Crippen molar-refractivity contribution in [3.63, 3.8) is 0 Å². The third kappa shape index (κ3) is 2.65. The monoisotopic (exact) mass is 426 g/mol. The molecule has 0 spiro atoms. The molecule has 1 N–H and O–H groups in total. The van der Waals surface area contributed by atoms with Gasteiger partial charge < -0.3 is 5.11 Å². The lowest BCUT2D eigenvalue weighted by Crippen LogP contribution is -2.62. The van der Waals surface area contributed by atoms with Crippen molar-refractivity contribution in [2.24, 2.45) is 56.7 Å². The maximum atomic E-state index is 11.0. The Hall–Kier alpha value is -0.300. The van der Waals surface area contributed by atoms with Crippen molar-refractivity contribution in [1.82, 2.24) is 0 Å². The predicted molar refractivity (Wildman–Crippen MR) is 131 cm³/mol. The summed E-state index contributed by atoms with van der Waals surface area (Å²) in [6, 6.07) is 0. The highest BCUT2D eigenvalue weighted by Gasteiger charge is 2.68. The SMILES string of the molecule is CC(C)[C@H]1CC[C@H]2[C@]1(C)CC[C@]1(C)C3=CC[C@H]4C(C)(C)CCC[C@]4(CO)[C@H]3CC[C@@]21C. The zero-order valence-corrected chi connectivity index (χ0v) is 21.7. The van der Waals surface area contributed by atoms with Crippen molar-refractivity contribution >= 4 is 0 Å². The van der Waals surface area contributed by atoms with E-state index in [0.29, 0.717) is 40.1 Å². The number of aliphatic hydroxyl groups is 1. The fourth-order valence-electron chi connectivity index (χ4n) is 11.3. The van der Waals surface area contributed by atoms with E-state index in [2.05, 4.69) is 54.5 Å². The van der Waals surface area contributed by atoms with E-state index in [1.54, 1.807) is 5.57 Å². The first-order valence-electron chi connectivity index (χ1n) is 13.8. The standard InChI is InChI=1S/C30H50O/c1-20(2)21-9-12-25-27(21,5)17-18-28(6)22-10-11-24-26(3,4)14-8-15-30(24,19-31)23(22)13-16-29(25,28)7/h10,20-21,23-25,31H,8-9,11-19H2,1-7H3/t21-,23+,24+,25+,27-,28-,29+,30+/m1/s1. The third-order valence-corrected chi connectivity index (χ3v) is 13.0. The minimum absolute atomic E-state index is 0.146. The summed E-state index contributed by atoms with van der Waals surface area (Å²) in [5.74, 6) is 3.88. The first-order chi connectivity index (χ1) is 14.5. The smallest absolute Gasteiger partial charge is 0.0496 e. The maximum Gasteiger partial charge on any atom is 0.0496 e. The Labute approximate surface area is 192 Å². The Bertz CT molecular complexity index is 762. The van der Waals surface area contributed by atoms with Gasteiger partial charge in [-0.05, 0) is 109 Å². The minimum atomic E-state index is 0.146. The molecule has 5 rings (SSSR count). The normalized spacial score (nSPS) is 53.3. The Kier molecular flexibility index (Phi) is 4.98. The lowest BCUT2D eigenvalue weighted by molar-refractivity contribution is -0.156. The lowest BCUT2D eigenvalue weighted by Gasteiger charge is -2.69. The Balaban J connectivity index is 1.57. The average molecular weight is 427 g/mol. The highest BCUT2D eigenvalue weighted by Crippen LogP contribution is 2.76. The molecular formula is C30H50O. The molecule has 176 valence electrons. The molecule has 0 bridgehead atoms. The van der Waals surface area contributed by atoms with E-state index in [4.69, 9.17) is 0 Å². The minimum Gasteiger partial charge on any atom is -0.396 e. The Morgan fingerprint density at radius 3 is 2.32 bits per heavy atom. The molecule has 0 unspecified atom stereocenters. The van der Waals surface area contributed by atoms with Crippen LogP contribution in [0, 0.1) is 56.7 Å². The molecule has 0 amide bonds. The van der Waals surface area contributed by atoms with E-state index >= 15 is 0 Å². The van der Waals surface area contributed by atoms with Crippen LogP contribution in [0.2, 0.25) is 0 Å². The van der Waals surface area contributed by atoms with E-state index in [-0.39, 0.29) is 5.41 Å². The summed E-state index contributed by atoms with van der Waals surface area (Å²) in [4.78, 5) is 0. The first-order valence-corrected chi connectivity index (χ1v) is 13.8. The largest absolute Gasteiger partial charge is 0.396 e. The molecular weight excluding hydrogens is 376 g/mol. The summed E-state index contributed by atoms with van der Waals surface area (Å²) >= 11 is 0. The zero-order valence-electron chi connectivity index (χ0n) is 21.7. The quantitative estimate of drug-likeness (QED) is 0.443. The number of fused-ring (bicyclic) bond motifs is 7. The second-order valence-corrected chi connectivity index (χ2v) is 14.5. The molecule has 8 atom stereocenters. The summed E-state index contributed by atoms with van der Waals surface area (Å²) in [6.07, 6.45) is 16.2. The highest BCUT2D eigenvalue weighted by atomic mass is 16.3. The molecule has 5 aliphatic rings. The van der Waals surface area contributed by atoms with Crippen LogP contribution >= 0.6 is 0 Å². The molecule has 4 saturated carbocycles. The summed E-state index contributed by atoms with van der Waals surface area (Å²) in [5.41, 5.74) is 3.62. The van der Waals surface area contributed by atoms with Crippen molar-refractivity contribution in [2.45, 2.75) is 113 Å². The lowest BCUT2D eigenvalue weighted by atomic mass is 9.35. The van der Waals surface area contributed by atoms with Crippen LogP contribution in [-0.2, 0) is 0 Å². The van der Waals surface area contributed by atoms with Crippen LogP contribution in [0.3, 0.4) is 0 Å². The van der Waals surface area contributed by atoms with Crippen molar-refractivity contribution in [3.05, 3.63) is 11.6 Å². The molecule has 0 aliphatic heterocycles. The van der Waals surface area contributed by atoms with Crippen LogP contribution in [-0.4, -0.2) is 11.7 Å². The molecule has 0 aromatic rings. The molecule has 31 heavy (non-hydrogen) atoms. The van der Waals surface area contributed by atoms with Crippen molar-refractivity contribution in [1.29, 1.82) is 0 Å². The van der Waals surface area contributed by atoms with Gasteiger partial charge in [0.15, 0.2) is 0 Å². The predicted octanol–water partition coefficient (Wildman–Crippen LogP) is 8.03. The van der Waals surface area contributed by atoms with E-state index in [1.165, 1.54) is 64.2 Å². The van der Waals surface area contributed by atoms with E-state index < -0.39 is 0 Å². The molecule has 0 radical (unpaired) electrons. The molecule has 0 aromatic heterocycles. The van der Waals surface area contributed by atoms with Gasteiger partial charge in [-0.2, -0.15) is 0 Å². The highest BCUT2D eigenvalue weighted by molar-refractivity contribution is 5.34. The number of hydrogen-bond acceptors (Lipinski definition) is 1. The molecule has 4 fully saturated rings. The van der Waals surface area contributed by atoms with Gasteiger partial charge in [-0.25, -0.2) is 0 Å². The summed E-state index contributed by atoms with van der Waals surface area (Å²) in [5, 5.41) is 11.0. The van der Waals surface area contributed by atoms with Crippen LogP contribution in [0.15, 0.2) is 11.6 Å².